The number of aromatic nitrogens is 3. The lowest BCUT2D eigenvalue weighted by Crippen LogP contribution is -1.82. The minimum absolute atomic E-state index is 0.266. The molecule has 0 aliphatic carbocycles. The van der Waals surface area contributed by atoms with Crippen molar-refractivity contribution in [2.75, 3.05) is 0 Å². The van der Waals surface area contributed by atoms with E-state index in [1.54, 1.807) is 12.1 Å². The molecule has 0 radical (unpaired) electrons. The maximum atomic E-state index is 12.8. The van der Waals surface area contributed by atoms with Crippen LogP contribution in [0.4, 0.5) is 4.39 Å². The van der Waals surface area contributed by atoms with Gasteiger partial charge in [0.05, 0.1) is 5.88 Å². The first-order valence-electron chi connectivity index (χ1n) is 4.03. The van der Waals surface area contributed by atoms with E-state index in [-0.39, 0.29) is 11.7 Å². The van der Waals surface area contributed by atoms with Crippen molar-refractivity contribution >= 4 is 11.6 Å². The molecule has 1 aromatic heterocycles. The van der Waals surface area contributed by atoms with E-state index in [0.29, 0.717) is 17.2 Å². The number of nitrogens with one attached hydrogen (secondary N) is 1. The molecule has 72 valence electrons. The Hall–Kier alpha value is -1.42. The van der Waals surface area contributed by atoms with Gasteiger partial charge in [-0.15, -0.1) is 11.6 Å². The van der Waals surface area contributed by atoms with E-state index in [4.69, 9.17) is 11.6 Å². The molecule has 14 heavy (non-hydrogen) atoms. The van der Waals surface area contributed by atoms with Crippen molar-refractivity contribution in [2.45, 2.75) is 5.88 Å². The normalized spacial score (nSPS) is 10.4. The van der Waals surface area contributed by atoms with E-state index in [2.05, 4.69) is 15.2 Å². The lowest BCUT2D eigenvalue weighted by Gasteiger charge is -1.93. The Kier molecular flexibility index (Phi) is 2.45. The van der Waals surface area contributed by atoms with Crippen LogP contribution >= 0.6 is 11.6 Å². The fourth-order valence-electron chi connectivity index (χ4n) is 1.11. The summed E-state index contributed by atoms with van der Waals surface area (Å²) in [5, 5.41) is 6.57. The average Bonchev–Trinajstić information content (AvgIpc) is 2.66. The van der Waals surface area contributed by atoms with Crippen molar-refractivity contribution in [2.24, 2.45) is 0 Å². The SMILES string of the molecule is Fc1cccc(-c2n[nH]c(CCl)n2)c1. The second-order valence-corrected chi connectivity index (χ2v) is 3.02. The summed E-state index contributed by atoms with van der Waals surface area (Å²) in [6, 6.07) is 6.10. The predicted molar refractivity (Wildman–Crippen MR) is 51.3 cm³/mol. The summed E-state index contributed by atoms with van der Waals surface area (Å²) in [5.41, 5.74) is 0.637. The van der Waals surface area contributed by atoms with Gasteiger partial charge < -0.3 is 0 Å². The molecule has 0 saturated heterocycles. The van der Waals surface area contributed by atoms with E-state index in [0.717, 1.165) is 0 Å². The van der Waals surface area contributed by atoms with Gasteiger partial charge in [0.2, 0.25) is 0 Å². The topological polar surface area (TPSA) is 41.6 Å². The number of H-pyrrole nitrogens is 1. The second-order valence-electron chi connectivity index (χ2n) is 2.75. The Morgan fingerprint density at radius 2 is 2.29 bits per heavy atom. The molecule has 0 saturated carbocycles. The molecule has 0 aliphatic rings. The number of hydrogen-bond acceptors (Lipinski definition) is 2. The Balaban J connectivity index is 2.39. The van der Waals surface area contributed by atoms with Crippen LogP contribution in [0.5, 0.6) is 0 Å². The molecule has 0 aliphatic heterocycles. The number of alkyl halides is 1. The lowest BCUT2D eigenvalue weighted by molar-refractivity contribution is 0.628. The van der Waals surface area contributed by atoms with Gasteiger partial charge in [-0.3, -0.25) is 5.10 Å². The molecule has 0 unspecified atom stereocenters. The Morgan fingerprint density at radius 1 is 1.43 bits per heavy atom. The summed E-state index contributed by atoms with van der Waals surface area (Å²) in [6.45, 7) is 0. The Labute approximate surface area is 84.9 Å². The second kappa shape index (κ2) is 3.75. The number of aromatic amines is 1. The number of rotatable bonds is 2. The first-order chi connectivity index (χ1) is 6.79. The highest BCUT2D eigenvalue weighted by Crippen LogP contribution is 2.15. The van der Waals surface area contributed by atoms with Crippen LogP contribution in [0.3, 0.4) is 0 Å². The van der Waals surface area contributed by atoms with Gasteiger partial charge >= 0.3 is 0 Å². The molecule has 1 N–H and O–H groups in total. The standard InChI is InChI=1S/C9H7ClFN3/c10-5-8-12-9(14-13-8)6-2-1-3-7(11)4-6/h1-4H,5H2,(H,12,13,14). The van der Waals surface area contributed by atoms with E-state index in [1.807, 2.05) is 0 Å². The zero-order valence-electron chi connectivity index (χ0n) is 7.17. The molecule has 2 aromatic rings. The van der Waals surface area contributed by atoms with Crippen LogP contribution in [0.1, 0.15) is 5.82 Å². The largest absolute Gasteiger partial charge is 0.262 e. The smallest absolute Gasteiger partial charge is 0.181 e. The third kappa shape index (κ3) is 1.75. The molecule has 1 heterocycles. The van der Waals surface area contributed by atoms with Crippen LogP contribution in [-0.4, -0.2) is 15.2 Å². The summed E-state index contributed by atoms with van der Waals surface area (Å²) >= 11 is 5.55. The molecule has 0 fully saturated rings. The predicted octanol–water partition coefficient (Wildman–Crippen LogP) is 2.35. The molecular formula is C9H7ClFN3. The maximum Gasteiger partial charge on any atom is 0.181 e. The van der Waals surface area contributed by atoms with Gasteiger partial charge in [0.1, 0.15) is 11.6 Å². The van der Waals surface area contributed by atoms with Crippen LogP contribution in [-0.2, 0) is 5.88 Å². The van der Waals surface area contributed by atoms with Crippen LogP contribution < -0.4 is 0 Å². The van der Waals surface area contributed by atoms with Crippen molar-refractivity contribution in [1.82, 2.24) is 15.2 Å². The molecule has 0 spiro atoms. The van der Waals surface area contributed by atoms with E-state index < -0.39 is 0 Å². The third-order valence-electron chi connectivity index (χ3n) is 1.74. The summed E-state index contributed by atoms with van der Waals surface area (Å²) in [5.74, 6) is 0.994. The van der Waals surface area contributed by atoms with Crippen LogP contribution in [0, 0.1) is 5.82 Å². The summed E-state index contributed by atoms with van der Waals surface area (Å²) < 4.78 is 12.8. The van der Waals surface area contributed by atoms with E-state index >= 15 is 0 Å². The number of benzene rings is 1. The average molecular weight is 212 g/mol. The highest BCUT2D eigenvalue weighted by molar-refractivity contribution is 6.16. The van der Waals surface area contributed by atoms with Gasteiger partial charge in [-0.05, 0) is 12.1 Å². The number of hydrogen-bond donors (Lipinski definition) is 1. The highest BCUT2D eigenvalue weighted by atomic mass is 35.5. The Morgan fingerprint density at radius 3 is 2.93 bits per heavy atom. The van der Waals surface area contributed by atoms with Crippen molar-refractivity contribution in [3.63, 3.8) is 0 Å². The Bertz CT molecular complexity index is 441. The molecule has 3 nitrogen and oxygen atoms in total. The van der Waals surface area contributed by atoms with Crippen LogP contribution in [0.2, 0.25) is 0 Å². The number of halogens is 2. The van der Waals surface area contributed by atoms with E-state index in [9.17, 15) is 4.39 Å². The maximum absolute atomic E-state index is 12.8. The number of nitrogens with zero attached hydrogens (tertiary/aromatic N) is 2. The fourth-order valence-corrected chi connectivity index (χ4v) is 1.23. The molecular weight excluding hydrogens is 205 g/mol. The van der Waals surface area contributed by atoms with E-state index in [1.165, 1.54) is 12.1 Å². The first-order valence-corrected chi connectivity index (χ1v) is 4.56. The first kappa shape index (κ1) is 9.15. The summed E-state index contributed by atoms with van der Waals surface area (Å²) in [7, 11) is 0. The summed E-state index contributed by atoms with van der Waals surface area (Å²) in [4.78, 5) is 4.07. The quantitative estimate of drug-likeness (QED) is 0.775. The lowest BCUT2D eigenvalue weighted by atomic mass is 10.2. The zero-order valence-corrected chi connectivity index (χ0v) is 7.92. The molecule has 0 atom stereocenters. The van der Waals surface area contributed by atoms with Gasteiger partial charge in [-0.25, -0.2) is 9.37 Å². The van der Waals surface area contributed by atoms with Gasteiger partial charge in [0.25, 0.3) is 0 Å². The summed E-state index contributed by atoms with van der Waals surface area (Å²) in [6.07, 6.45) is 0. The van der Waals surface area contributed by atoms with Gasteiger partial charge in [-0.1, -0.05) is 12.1 Å². The molecule has 2 rings (SSSR count). The minimum Gasteiger partial charge on any atom is -0.262 e. The van der Waals surface area contributed by atoms with Crippen molar-refractivity contribution in [1.29, 1.82) is 0 Å². The van der Waals surface area contributed by atoms with Crippen molar-refractivity contribution < 1.29 is 4.39 Å². The van der Waals surface area contributed by atoms with Crippen molar-refractivity contribution in [3.05, 3.63) is 35.9 Å². The van der Waals surface area contributed by atoms with Gasteiger partial charge in [0.15, 0.2) is 5.82 Å². The highest BCUT2D eigenvalue weighted by Gasteiger charge is 2.05. The third-order valence-corrected chi connectivity index (χ3v) is 1.99. The minimum atomic E-state index is -0.306. The fraction of sp³-hybridized carbons (Fsp3) is 0.111. The van der Waals surface area contributed by atoms with Gasteiger partial charge in [-0.2, -0.15) is 5.10 Å². The molecule has 0 bridgehead atoms. The molecule has 1 aromatic carbocycles. The zero-order chi connectivity index (χ0) is 9.97. The monoisotopic (exact) mass is 211 g/mol. The van der Waals surface area contributed by atoms with Crippen LogP contribution in [0.15, 0.2) is 24.3 Å². The van der Waals surface area contributed by atoms with Crippen LogP contribution in [0.25, 0.3) is 11.4 Å². The van der Waals surface area contributed by atoms with Crippen molar-refractivity contribution in [3.8, 4) is 11.4 Å². The molecule has 0 amide bonds. The molecule has 5 heteroatoms. The van der Waals surface area contributed by atoms with Gasteiger partial charge in [0, 0.05) is 5.56 Å².